The number of hydrogen-bond donors (Lipinski definition) is 2. The number of amides is 1. The number of nitrogens with zero attached hydrogens (tertiary/aromatic N) is 1. The Balaban J connectivity index is 1.69. The highest BCUT2D eigenvalue weighted by Crippen LogP contribution is 2.28. The summed E-state index contributed by atoms with van der Waals surface area (Å²) in [5.74, 6) is -0.855. The average molecular weight is 421 g/mol. The summed E-state index contributed by atoms with van der Waals surface area (Å²) in [7, 11) is 0. The predicted molar refractivity (Wildman–Crippen MR) is 113 cm³/mol. The Morgan fingerprint density at radius 1 is 1.13 bits per heavy atom. The molecule has 0 aliphatic rings. The highest BCUT2D eigenvalue weighted by Gasteiger charge is 2.13. The second-order valence-electron chi connectivity index (χ2n) is 6.36. The lowest BCUT2D eigenvalue weighted by Crippen LogP contribution is -2.26. The molecule has 0 bridgehead atoms. The summed E-state index contributed by atoms with van der Waals surface area (Å²) in [5.41, 5.74) is 1.58. The van der Waals surface area contributed by atoms with Crippen molar-refractivity contribution in [1.82, 2.24) is 5.32 Å². The van der Waals surface area contributed by atoms with Gasteiger partial charge in [-0.15, -0.1) is 0 Å². The van der Waals surface area contributed by atoms with Crippen LogP contribution < -0.4 is 5.32 Å². The third kappa shape index (κ3) is 5.16. The van der Waals surface area contributed by atoms with Gasteiger partial charge in [-0.1, -0.05) is 48.0 Å². The fourth-order valence-corrected chi connectivity index (χ4v) is 3.04. The molecule has 1 heterocycles. The Kier molecular flexibility index (Phi) is 6.68. The lowest BCUT2D eigenvalue weighted by atomic mass is 10.1. The fourth-order valence-electron chi connectivity index (χ4n) is 2.78. The number of aromatic carboxylic acids is 1. The normalized spacial score (nSPS) is 11.0. The Hall–Kier alpha value is -3.82. The van der Waals surface area contributed by atoms with Crippen LogP contribution in [-0.2, 0) is 11.2 Å². The van der Waals surface area contributed by atoms with Gasteiger partial charge < -0.3 is 14.8 Å². The maximum Gasteiger partial charge on any atom is 0.337 e. The molecule has 2 aromatic carbocycles. The maximum atomic E-state index is 12.3. The number of carbonyl (C=O) groups excluding carboxylic acids is 1. The standard InChI is InChI=1S/C23H17ClN2O4/c24-20-13-16(6-8-19(20)23(28)29)21-9-7-18(30-21)12-17(14-25)22(27)26-11-10-15-4-2-1-3-5-15/h1-9,12-13H,10-11H2,(H,26,27)(H,28,29)/b17-12+. The van der Waals surface area contributed by atoms with Crippen molar-refractivity contribution >= 4 is 29.6 Å². The van der Waals surface area contributed by atoms with E-state index in [4.69, 9.17) is 21.1 Å². The van der Waals surface area contributed by atoms with Crippen molar-refractivity contribution in [2.45, 2.75) is 6.42 Å². The summed E-state index contributed by atoms with van der Waals surface area (Å²) in [6.07, 6.45) is 2.01. The Labute approximate surface area is 178 Å². The number of furan rings is 1. The van der Waals surface area contributed by atoms with E-state index in [0.717, 1.165) is 5.56 Å². The third-order valence-corrected chi connectivity index (χ3v) is 4.62. The first-order valence-electron chi connectivity index (χ1n) is 9.05. The first-order valence-corrected chi connectivity index (χ1v) is 9.42. The summed E-state index contributed by atoms with van der Waals surface area (Å²) in [4.78, 5) is 23.3. The van der Waals surface area contributed by atoms with Gasteiger partial charge in [-0.2, -0.15) is 5.26 Å². The van der Waals surface area contributed by atoms with Crippen LogP contribution in [0.1, 0.15) is 21.7 Å². The van der Waals surface area contributed by atoms with E-state index in [1.54, 1.807) is 18.2 Å². The highest BCUT2D eigenvalue weighted by atomic mass is 35.5. The number of rotatable bonds is 7. The number of carboxylic acid groups (broad SMARTS) is 1. The summed E-state index contributed by atoms with van der Waals surface area (Å²) < 4.78 is 5.67. The van der Waals surface area contributed by atoms with Crippen LogP contribution in [0.3, 0.4) is 0 Å². The first-order chi connectivity index (χ1) is 14.5. The first kappa shape index (κ1) is 20.9. The van der Waals surface area contributed by atoms with Crippen molar-refractivity contribution < 1.29 is 19.1 Å². The lowest BCUT2D eigenvalue weighted by molar-refractivity contribution is -0.117. The molecule has 0 aliphatic heterocycles. The molecule has 0 spiro atoms. The number of benzene rings is 2. The van der Waals surface area contributed by atoms with Gasteiger partial charge in [0, 0.05) is 18.2 Å². The molecule has 2 N–H and O–H groups in total. The SMILES string of the molecule is N#C/C(=C\c1ccc(-c2ccc(C(=O)O)c(Cl)c2)o1)C(=O)NCCc1ccccc1. The molecule has 0 unspecified atom stereocenters. The molecule has 1 aromatic heterocycles. The smallest absolute Gasteiger partial charge is 0.337 e. The lowest BCUT2D eigenvalue weighted by Gasteiger charge is -2.04. The fraction of sp³-hybridized carbons (Fsp3) is 0.0870. The highest BCUT2D eigenvalue weighted by molar-refractivity contribution is 6.33. The van der Waals surface area contributed by atoms with Gasteiger partial charge in [0.25, 0.3) is 5.91 Å². The minimum Gasteiger partial charge on any atom is -0.478 e. The zero-order valence-electron chi connectivity index (χ0n) is 15.8. The molecule has 7 heteroatoms. The number of carboxylic acids is 1. The van der Waals surface area contributed by atoms with Gasteiger partial charge in [-0.3, -0.25) is 4.79 Å². The molecule has 3 aromatic rings. The topological polar surface area (TPSA) is 103 Å². The van der Waals surface area contributed by atoms with Crippen LogP contribution in [0.25, 0.3) is 17.4 Å². The number of nitrogens with one attached hydrogen (secondary N) is 1. The average Bonchev–Trinajstić information content (AvgIpc) is 3.21. The summed E-state index contributed by atoms with van der Waals surface area (Å²) in [6, 6.07) is 19.3. The van der Waals surface area contributed by atoms with Gasteiger partial charge in [0.2, 0.25) is 0 Å². The van der Waals surface area contributed by atoms with Crippen molar-refractivity contribution in [2.24, 2.45) is 0 Å². The molecule has 0 saturated heterocycles. The number of hydrogen-bond acceptors (Lipinski definition) is 4. The molecule has 0 fully saturated rings. The molecule has 0 atom stereocenters. The van der Waals surface area contributed by atoms with Crippen LogP contribution in [0.15, 0.2) is 70.7 Å². The molecule has 30 heavy (non-hydrogen) atoms. The molecule has 0 saturated carbocycles. The Morgan fingerprint density at radius 3 is 2.57 bits per heavy atom. The Bertz CT molecular complexity index is 1140. The van der Waals surface area contributed by atoms with Gasteiger partial charge in [-0.05, 0) is 36.2 Å². The predicted octanol–water partition coefficient (Wildman–Crippen LogP) is 4.56. The van der Waals surface area contributed by atoms with E-state index in [1.807, 2.05) is 36.4 Å². The van der Waals surface area contributed by atoms with Crippen molar-refractivity contribution in [3.05, 3.63) is 88.1 Å². The van der Waals surface area contributed by atoms with Crippen LogP contribution in [0.2, 0.25) is 5.02 Å². The van der Waals surface area contributed by atoms with E-state index >= 15 is 0 Å². The minimum absolute atomic E-state index is 0.00830. The summed E-state index contributed by atoms with van der Waals surface area (Å²) in [5, 5.41) is 21.2. The van der Waals surface area contributed by atoms with Crippen LogP contribution >= 0.6 is 11.6 Å². The third-order valence-electron chi connectivity index (χ3n) is 4.30. The molecular formula is C23H17ClN2O4. The van der Waals surface area contributed by atoms with Crippen LogP contribution in [0.5, 0.6) is 0 Å². The van der Waals surface area contributed by atoms with Gasteiger partial charge in [-0.25, -0.2) is 4.79 Å². The molecule has 3 rings (SSSR count). The van der Waals surface area contributed by atoms with Gasteiger partial charge in [0.05, 0.1) is 10.6 Å². The quantitative estimate of drug-likeness (QED) is 0.430. The Morgan fingerprint density at radius 2 is 1.90 bits per heavy atom. The second-order valence-corrected chi connectivity index (χ2v) is 6.77. The largest absolute Gasteiger partial charge is 0.478 e. The molecular weight excluding hydrogens is 404 g/mol. The van der Waals surface area contributed by atoms with Gasteiger partial charge in [0.1, 0.15) is 23.2 Å². The monoisotopic (exact) mass is 420 g/mol. The summed E-state index contributed by atoms with van der Waals surface area (Å²) >= 11 is 5.99. The van der Waals surface area contributed by atoms with E-state index in [9.17, 15) is 14.9 Å². The molecule has 0 radical (unpaired) electrons. The van der Waals surface area contributed by atoms with E-state index in [1.165, 1.54) is 18.2 Å². The zero-order valence-corrected chi connectivity index (χ0v) is 16.5. The van der Waals surface area contributed by atoms with Crippen LogP contribution in [0, 0.1) is 11.3 Å². The van der Waals surface area contributed by atoms with Gasteiger partial charge in [0.15, 0.2) is 0 Å². The summed E-state index contributed by atoms with van der Waals surface area (Å²) in [6.45, 7) is 0.402. The maximum absolute atomic E-state index is 12.3. The number of carbonyl (C=O) groups is 2. The van der Waals surface area contributed by atoms with Crippen molar-refractivity contribution in [2.75, 3.05) is 6.54 Å². The molecule has 6 nitrogen and oxygen atoms in total. The molecule has 1 amide bonds. The number of halogens is 1. The minimum atomic E-state index is -1.12. The second kappa shape index (κ2) is 9.59. The zero-order chi connectivity index (χ0) is 21.5. The van der Waals surface area contributed by atoms with Crippen LogP contribution in [-0.4, -0.2) is 23.5 Å². The van der Waals surface area contributed by atoms with Crippen molar-refractivity contribution in [3.8, 4) is 17.4 Å². The number of nitriles is 1. The van der Waals surface area contributed by atoms with E-state index in [0.29, 0.717) is 30.0 Å². The van der Waals surface area contributed by atoms with E-state index in [-0.39, 0.29) is 16.2 Å². The van der Waals surface area contributed by atoms with Crippen LogP contribution in [0.4, 0.5) is 0 Å². The van der Waals surface area contributed by atoms with Gasteiger partial charge >= 0.3 is 5.97 Å². The van der Waals surface area contributed by atoms with E-state index in [2.05, 4.69) is 5.32 Å². The molecule has 0 aliphatic carbocycles. The molecule has 150 valence electrons. The van der Waals surface area contributed by atoms with Crippen molar-refractivity contribution in [1.29, 1.82) is 5.26 Å². The van der Waals surface area contributed by atoms with E-state index < -0.39 is 11.9 Å². The van der Waals surface area contributed by atoms with Crippen molar-refractivity contribution in [3.63, 3.8) is 0 Å².